The molecule has 0 aliphatic carbocycles. The molecule has 0 N–H and O–H groups in total. The van der Waals surface area contributed by atoms with Crippen LogP contribution in [-0.2, 0) is 11.3 Å². The molecule has 8 heteroatoms. The van der Waals surface area contributed by atoms with Gasteiger partial charge in [0.1, 0.15) is 17.2 Å². The van der Waals surface area contributed by atoms with Gasteiger partial charge in [-0.05, 0) is 69.7 Å². The van der Waals surface area contributed by atoms with E-state index < -0.39 is 11.4 Å². The Kier molecular flexibility index (Phi) is 7.11. The summed E-state index contributed by atoms with van der Waals surface area (Å²) in [7, 11) is 0. The minimum Gasteiger partial charge on any atom is -0.444 e. The van der Waals surface area contributed by atoms with Crippen LogP contribution in [0.25, 0.3) is 27.2 Å². The first-order valence-electron chi connectivity index (χ1n) is 12.0. The van der Waals surface area contributed by atoms with E-state index in [0.717, 1.165) is 12.8 Å². The van der Waals surface area contributed by atoms with Crippen LogP contribution in [0.3, 0.4) is 0 Å². The summed E-state index contributed by atoms with van der Waals surface area (Å²) in [4.78, 5) is 17.3. The minimum absolute atomic E-state index is 0.0502. The number of piperidine rings is 1. The third kappa shape index (κ3) is 5.56. The zero-order valence-corrected chi connectivity index (χ0v) is 21.0. The number of hydrogen-bond acceptors (Lipinski definition) is 3. The smallest absolute Gasteiger partial charge is 0.410 e. The lowest BCUT2D eigenvalue weighted by molar-refractivity contribution is 0.0177. The lowest BCUT2D eigenvalue weighted by Gasteiger charge is -2.33. The molecule has 2 heterocycles. The van der Waals surface area contributed by atoms with Gasteiger partial charge in [0.05, 0.1) is 18.5 Å². The van der Waals surface area contributed by atoms with Crippen LogP contribution in [0.5, 0.6) is 0 Å². The average Bonchev–Trinajstić information content (AvgIpc) is 3.23. The monoisotopic (exact) mass is 492 g/mol. The summed E-state index contributed by atoms with van der Waals surface area (Å²) in [6, 6.07) is 9.48. The second-order valence-corrected chi connectivity index (χ2v) is 10.2. The number of rotatable bonds is 4. The molecular weight excluding hydrogens is 462 g/mol. The standard InChI is InChI=1S/C28H30F2N4O2/c1-18-6-7-21(15-23(18)29)26-22(20-8-9-25(31-5)24(30)14-20)16-32-34(26)17-19-10-12-33(13-11-19)27(35)36-28(2,3)4/h6-9,14-16,19H,10-13,17H2,1-4H3. The van der Waals surface area contributed by atoms with Crippen LogP contribution in [0.2, 0.25) is 0 Å². The van der Waals surface area contributed by atoms with E-state index in [4.69, 9.17) is 11.3 Å². The van der Waals surface area contributed by atoms with E-state index in [-0.39, 0.29) is 23.5 Å². The van der Waals surface area contributed by atoms with Gasteiger partial charge in [-0.2, -0.15) is 5.10 Å². The maximum atomic E-state index is 14.5. The molecule has 4 rings (SSSR count). The zero-order chi connectivity index (χ0) is 26.0. The van der Waals surface area contributed by atoms with Gasteiger partial charge in [0.25, 0.3) is 0 Å². The number of benzene rings is 2. The molecule has 1 aromatic heterocycles. The molecule has 1 fully saturated rings. The van der Waals surface area contributed by atoms with Crippen LogP contribution < -0.4 is 0 Å². The van der Waals surface area contributed by atoms with Crippen molar-refractivity contribution in [2.45, 2.75) is 52.7 Å². The van der Waals surface area contributed by atoms with Crippen molar-refractivity contribution in [2.75, 3.05) is 13.1 Å². The fourth-order valence-electron chi connectivity index (χ4n) is 4.41. The van der Waals surface area contributed by atoms with E-state index in [1.54, 1.807) is 30.2 Å². The Balaban J connectivity index is 1.61. The van der Waals surface area contributed by atoms with E-state index in [9.17, 15) is 13.6 Å². The highest BCUT2D eigenvalue weighted by molar-refractivity contribution is 5.81. The SMILES string of the molecule is [C-]#[N+]c1ccc(-c2cnn(CC3CCN(C(=O)OC(C)(C)C)CC3)c2-c2ccc(C)c(F)c2)cc1F. The molecule has 1 amide bonds. The highest BCUT2D eigenvalue weighted by atomic mass is 19.1. The fourth-order valence-corrected chi connectivity index (χ4v) is 4.41. The number of hydrogen-bond donors (Lipinski definition) is 0. The van der Waals surface area contributed by atoms with E-state index >= 15 is 0 Å². The predicted molar refractivity (Wildman–Crippen MR) is 135 cm³/mol. The molecular formula is C28H30F2N4O2. The molecule has 0 spiro atoms. The molecule has 0 bridgehead atoms. The van der Waals surface area contributed by atoms with Gasteiger partial charge < -0.3 is 9.64 Å². The summed E-state index contributed by atoms with van der Waals surface area (Å²) in [5, 5.41) is 4.60. The molecule has 1 aliphatic heterocycles. The maximum Gasteiger partial charge on any atom is 0.410 e. The van der Waals surface area contributed by atoms with Crippen molar-refractivity contribution in [1.82, 2.24) is 14.7 Å². The first kappa shape index (κ1) is 25.4. The summed E-state index contributed by atoms with van der Waals surface area (Å²) in [5.74, 6) is -0.677. The molecule has 1 aliphatic rings. The topological polar surface area (TPSA) is 51.7 Å². The lowest BCUT2D eigenvalue weighted by atomic mass is 9.96. The van der Waals surface area contributed by atoms with Crippen LogP contribution in [-0.4, -0.2) is 39.5 Å². The molecule has 188 valence electrons. The van der Waals surface area contributed by atoms with Crippen molar-refractivity contribution in [1.29, 1.82) is 0 Å². The van der Waals surface area contributed by atoms with Gasteiger partial charge in [-0.25, -0.2) is 18.4 Å². The number of nitrogens with zero attached hydrogens (tertiary/aromatic N) is 4. The fraction of sp³-hybridized carbons (Fsp3) is 0.393. The molecule has 0 radical (unpaired) electrons. The van der Waals surface area contributed by atoms with Gasteiger partial charge in [-0.1, -0.05) is 24.3 Å². The molecule has 2 aromatic carbocycles. The molecule has 0 atom stereocenters. The number of aromatic nitrogens is 2. The molecule has 6 nitrogen and oxygen atoms in total. The normalized spacial score (nSPS) is 14.5. The second kappa shape index (κ2) is 10.1. The molecule has 0 unspecified atom stereocenters. The van der Waals surface area contributed by atoms with Gasteiger partial charge in [0, 0.05) is 30.8 Å². The van der Waals surface area contributed by atoms with Crippen molar-refractivity contribution >= 4 is 11.8 Å². The van der Waals surface area contributed by atoms with Crippen molar-refractivity contribution in [3.63, 3.8) is 0 Å². The van der Waals surface area contributed by atoms with Crippen molar-refractivity contribution in [3.05, 3.63) is 71.2 Å². The van der Waals surface area contributed by atoms with Crippen LogP contribution in [0, 0.1) is 31.0 Å². The summed E-state index contributed by atoms with van der Waals surface area (Å²) in [6.07, 6.45) is 2.92. The predicted octanol–water partition coefficient (Wildman–Crippen LogP) is 7.00. The van der Waals surface area contributed by atoms with Crippen LogP contribution in [0.1, 0.15) is 39.2 Å². The molecule has 0 saturated carbocycles. The van der Waals surface area contributed by atoms with Gasteiger partial charge >= 0.3 is 6.09 Å². The third-order valence-electron chi connectivity index (χ3n) is 6.36. The van der Waals surface area contributed by atoms with Crippen molar-refractivity contribution in [2.24, 2.45) is 5.92 Å². The summed E-state index contributed by atoms with van der Waals surface area (Å²) >= 11 is 0. The van der Waals surface area contributed by atoms with E-state index in [2.05, 4.69) is 9.94 Å². The Morgan fingerprint density at radius 2 is 1.78 bits per heavy atom. The van der Waals surface area contributed by atoms with Gasteiger partial charge in [0.15, 0.2) is 0 Å². The maximum absolute atomic E-state index is 14.5. The number of likely N-dealkylation sites (tertiary alicyclic amines) is 1. The Bertz CT molecular complexity index is 1310. The van der Waals surface area contributed by atoms with Crippen LogP contribution >= 0.6 is 0 Å². The lowest BCUT2D eigenvalue weighted by Crippen LogP contribution is -2.42. The van der Waals surface area contributed by atoms with E-state index in [1.165, 1.54) is 18.2 Å². The Hall–Kier alpha value is -3.73. The number of amides is 1. The van der Waals surface area contributed by atoms with E-state index in [0.29, 0.717) is 47.6 Å². The number of carbonyl (C=O) groups excluding carboxylic acids is 1. The van der Waals surface area contributed by atoms with E-state index in [1.807, 2.05) is 31.5 Å². The highest BCUT2D eigenvalue weighted by Crippen LogP contribution is 2.36. The average molecular weight is 493 g/mol. The quantitative estimate of drug-likeness (QED) is 0.369. The Morgan fingerprint density at radius 1 is 1.11 bits per heavy atom. The van der Waals surface area contributed by atoms with Crippen LogP contribution in [0.15, 0.2) is 42.6 Å². The minimum atomic E-state index is -0.606. The summed E-state index contributed by atoms with van der Waals surface area (Å²) in [6.45, 7) is 16.1. The summed E-state index contributed by atoms with van der Waals surface area (Å²) < 4.78 is 36.3. The number of halogens is 2. The number of aryl methyl sites for hydroxylation is 1. The molecule has 1 saturated heterocycles. The first-order chi connectivity index (χ1) is 17.1. The Labute approximate surface area is 210 Å². The first-order valence-corrected chi connectivity index (χ1v) is 12.0. The number of ether oxygens (including phenoxy) is 1. The third-order valence-corrected chi connectivity index (χ3v) is 6.36. The summed E-state index contributed by atoms with van der Waals surface area (Å²) in [5.41, 5.74) is 2.52. The van der Waals surface area contributed by atoms with Gasteiger partial charge in [0.2, 0.25) is 5.69 Å². The molecule has 36 heavy (non-hydrogen) atoms. The Morgan fingerprint density at radius 3 is 2.39 bits per heavy atom. The molecule has 3 aromatic rings. The zero-order valence-electron chi connectivity index (χ0n) is 21.0. The number of carbonyl (C=O) groups is 1. The van der Waals surface area contributed by atoms with Gasteiger partial charge in [-0.15, -0.1) is 0 Å². The largest absolute Gasteiger partial charge is 0.444 e. The van der Waals surface area contributed by atoms with Crippen molar-refractivity contribution in [3.8, 4) is 22.4 Å². The van der Waals surface area contributed by atoms with Gasteiger partial charge in [-0.3, -0.25) is 4.68 Å². The second-order valence-electron chi connectivity index (χ2n) is 10.2. The van der Waals surface area contributed by atoms with Crippen LogP contribution in [0.4, 0.5) is 19.3 Å². The highest BCUT2D eigenvalue weighted by Gasteiger charge is 2.28. The van der Waals surface area contributed by atoms with Crippen molar-refractivity contribution < 1.29 is 18.3 Å².